The van der Waals surface area contributed by atoms with Crippen LogP contribution in [-0.2, 0) is 17.8 Å². The lowest BCUT2D eigenvalue weighted by Gasteiger charge is -2.12. The van der Waals surface area contributed by atoms with Gasteiger partial charge < -0.3 is 19.4 Å². The Balaban J connectivity index is 1.81. The second-order valence-electron chi connectivity index (χ2n) is 6.31. The number of aromatic nitrogens is 3. The minimum Gasteiger partial charge on any atom is -0.481 e. The van der Waals surface area contributed by atoms with Gasteiger partial charge in [0.25, 0.3) is 0 Å². The number of rotatable bonds is 6. The molecule has 0 radical (unpaired) electrons. The molecule has 1 aromatic carbocycles. The number of hydrogen-bond acceptors (Lipinski definition) is 5. The van der Waals surface area contributed by atoms with Crippen LogP contribution < -0.4 is 14.8 Å². The molecule has 0 aliphatic rings. The minimum atomic E-state index is -0.156. The van der Waals surface area contributed by atoms with E-state index in [1.165, 1.54) is 19.9 Å². The standard InChI is InChI=1S/C20H24N4O3/c1-6-24-12(2)9-14-10-15(7-8-17(14)24)22-18(25)11-16-13(3)21-20(27-5)23-19(16)26-4/h7-10H,6,11H2,1-5H3,(H,22,25). The Hall–Kier alpha value is -3.09. The number of nitrogens with one attached hydrogen (secondary N) is 1. The van der Waals surface area contributed by atoms with Crippen molar-refractivity contribution in [3.63, 3.8) is 0 Å². The molecule has 0 saturated carbocycles. The first-order valence-electron chi connectivity index (χ1n) is 8.82. The third kappa shape index (κ3) is 3.72. The van der Waals surface area contributed by atoms with Gasteiger partial charge in [-0.1, -0.05) is 0 Å². The van der Waals surface area contributed by atoms with E-state index in [9.17, 15) is 4.79 Å². The van der Waals surface area contributed by atoms with E-state index in [0.29, 0.717) is 17.1 Å². The summed E-state index contributed by atoms with van der Waals surface area (Å²) in [7, 11) is 3.00. The van der Waals surface area contributed by atoms with Crippen LogP contribution in [0.2, 0.25) is 0 Å². The lowest BCUT2D eigenvalue weighted by Crippen LogP contribution is -2.16. The average molecular weight is 368 g/mol. The number of amides is 1. The van der Waals surface area contributed by atoms with Crippen molar-refractivity contribution in [1.29, 1.82) is 0 Å². The number of carbonyl (C=O) groups is 1. The lowest BCUT2D eigenvalue weighted by atomic mass is 10.1. The van der Waals surface area contributed by atoms with E-state index in [0.717, 1.165) is 23.1 Å². The first kappa shape index (κ1) is 18.7. The molecule has 3 rings (SSSR count). The summed E-state index contributed by atoms with van der Waals surface area (Å²) in [5.74, 6) is 0.191. The molecule has 0 spiro atoms. The highest BCUT2D eigenvalue weighted by molar-refractivity contribution is 5.95. The molecular weight excluding hydrogens is 344 g/mol. The summed E-state index contributed by atoms with van der Waals surface area (Å²) < 4.78 is 12.6. The molecule has 2 aromatic heterocycles. The highest BCUT2D eigenvalue weighted by Crippen LogP contribution is 2.25. The van der Waals surface area contributed by atoms with E-state index in [-0.39, 0.29) is 18.3 Å². The molecule has 0 aliphatic heterocycles. The molecule has 7 nitrogen and oxygen atoms in total. The summed E-state index contributed by atoms with van der Waals surface area (Å²) in [5, 5.41) is 4.05. The van der Waals surface area contributed by atoms with Crippen LogP contribution in [0.15, 0.2) is 24.3 Å². The molecule has 0 atom stereocenters. The Labute approximate surface area is 158 Å². The molecule has 2 heterocycles. The second-order valence-corrected chi connectivity index (χ2v) is 6.31. The normalized spacial score (nSPS) is 10.9. The maximum Gasteiger partial charge on any atom is 0.319 e. The summed E-state index contributed by atoms with van der Waals surface area (Å²) in [6, 6.07) is 8.28. The Morgan fingerprint density at radius 3 is 2.59 bits per heavy atom. The predicted octanol–water partition coefficient (Wildman–Crippen LogP) is 3.27. The maximum absolute atomic E-state index is 12.6. The summed E-state index contributed by atoms with van der Waals surface area (Å²) in [6.45, 7) is 6.92. The van der Waals surface area contributed by atoms with Gasteiger partial charge >= 0.3 is 6.01 Å². The van der Waals surface area contributed by atoms with Gasteiger partial charge in [0.2, 0.25) is 11.8 Å². The smallest absolute Gasteiger partial charge is 0.319 e. The van der Waals surface area contributed by atoms with Crippen LogP contribution in [0.25, 0.3) is 10.9 Å². The average Bonchev–Trinajstić information content (AvgIpc) is 2.97. The number of benzene rings is 1. The maximum atomic E-state index is 12.6. The van der Waals surface area contributed by atoms with Crippen molar-refractivity contribution >= 4 is 22.5 Å². The summed E-state index contributed by atoms with van der Waals surface area (Å²) >= 11 is 0. The van der Waals surface area contributed by atoms with Gasteiger partial charge in [0, 0.05) is 34.4 Å². The minimum absolute atomic E-state index is 0.117. The number of ether oxygens (including phenoxy) is 2. The molecule has 142 valence electrons. The number of carbonyl (C=O) groups excluding carboxylic acids is 1. The predicted molar refractivity (Wildman–Crippen MR) is 105 cm³/mol. The van der Waals surface area contributed by atoms with E-state index in [1.807, 2.05) is 18.2 Å². The fraction of sp³-hybridized carbons (Fsp3) is 0.350. The topological polar surface area (TPSA) is 78.3 Å². The third-order valence-corrected chi connectivity index (χ3v) is 4.58. The fourth-order valence-corrected chi connectivity index (χ4v) is 3.28. The van der Waals surface area contributed by atoms with Crippen molar-refractivity contribution in [2.24, 2.45) is 0 Å². The van der Waals surface area contributed by atoms with E-state index in [4.69, 9.17) is 9.47 Å². The molecule has 0 aliphatic carbocycles. The summed E-state index contributed by atoms with van der Waals surface area (Å²) in [4.78, 5) is 20.9. The van der Waals surface area contributed by atoms with Crippen LogP contribution >= 0.6 is 0 Å². The Morgan fingerprint density at radius 1 is 1.15 bits per heavy atom. The second kappa shape index (κ2) is 7.65. The highest BCUT2D eigenvalue weighted by atomic mass is 16.5. The van der Waals surface area contributed by atoms with Crippen molar-refractivity contribution < 1.29 is 14.3 Å². The van der Waals surface area contributed by atoms with Crippen molar-refractivity contribution in [3.8, 4) is 11.9 Å². The van der Waals surface area contributed by atoms with Crippen LogP contribution in [-0.4, -0.2) is 34.7 Å². The molecular formula is C20H24N4O3. The molecule has 7 heteroatoms. The van der Waals surface area contributed by atoms with Crippen molar-refractivity contribution in [2.75, 3.05) is 19.5 Å². The van der Waals surface area contributed by atoms with Gasteiger partial charge in [0.1, 0.15) is 0 Å². The SMILES string of the molecule is CCn1c(C)cc2cc(NC(=O)Cc3c(C)nc(OC)nc3OC)ccc21. The molecule has 1 amide bonds. The summed E-state index contributed by atoms with van der Waals surface area (Å²) in [6.07, 6.45) is 0.117. The third-order valence-electron chi connectivity index (χ3n) is 4.58. The number of anilines is 1. The van der Waals surface area contributed by atoms with E-state index in [1.54, 1.807) is 6.92 Å². The zero-order valence-electron chi connectivity index (χ0n) is 16.3. The number of fused-ring (bicyclic) bond motifs is 1. The number of nitrogens with zero attached hydrogens (tertiary/aromatic N) is 3. The van der Waals surface area contributed by atoms with Gasteiger partial charge in [-0.25, -0.2) is 4.98 Å². The largest absolute Gasteiger partial charge is 0.481 e. The first-order chi connectivity index (χ1) is 13.0. The van der Waals surface area contributed by atoms with Gasteiger partial charge in [-0.3, -0.25) is 4.79 Å². The van der Waals surface area contributed by atoms with Crippen LogP contribution in [0, 0.1) is 13.8 Å². The molecule has 0 saturated heterocycles. The van der Waals surface area contributed by atoms with E-state index >= 15 is 0 Å². The molecule has 0 bridgehead atoms. The Bertz CT molecular complexity index is 995. The molecule has 3 aromatic rings. The zero-order valence-corrected chi connectivity index (χ0v) is 16.3. The van der Waals surface area contributed by atoms with E-state index < -0.39 is 0 Å². The molecule has 0 fully saturated rings. The van der Waals surface area contributed by atoms with Crippen LogP contribution in [0.3, 0.4) is 0 Å². The van der Waals surface area contributed by atoms with Gasteiger partial charge in [-0.15, -0.1) is 0 Å². The highest BCUT2D eigenvalue weighted by Gasteiger charge is 2.17. The van der Waals surface area contributed by atoms with Crippen LogP contribution in [0.5, 0.6) is 11.9 Å². The first-order valence-corrected chi connectivity index (χ1v) is 8.82. The molecule has 1 N–H and O–H groups in total. The van der Waals surface area contributed by atoms with Crippen LogP contribution in [0.1, 0.15) is 23.9 Å². The van der Waals surface area contributed by atoms with Gasteiger partial charge in [0.15, 0.2) is 0 Å². The van der Waals surface area contributed by atoms with Gasteiger partial charge in [-0.2, -0.15) is 4.98 Å². The van der Waals surface area contributed by atoms with Gasteiger partial charge in [0.05, 0.1) is 26.3 Å². The van der Waals surface area contributed by atoms with Crippen molar-refractivity contribution in [3.05, 3.63) is 41.2 Å². The van der Waals surface area contributed by atoms with Gasteiger partial charge in [-0.05, 0) is 45.0 Å². The molecule has 27 heavy (non-hydrogen) atoms. The monoisotopic (exact) mass is 368 g/mol. The molecule has 0 unspecified atom stereocenters. The Kier molecular flexibility index (Phi) is 5.30. The number of methoxy groups -OCH3 is 2. The van der Waals surface area contributed by atoms with Crippen LogP contribution in [0.4, 0.5) is 5.69 Å². The zero-order chi connectivity index (χ0) is 19.6. The van der Waals surface area contributed by atoms with E-state index in [2.05, 4.69) is 39.8 Å². The number of hydrogen-bond donors (Lipinski definition) is 1. The quantitative estimate of drug-likeness (QED) is 0.722. The fourth-order valence-electron chi connectivity index (χ4n) is 3.28. The lowest BCUT2D eigenvalue weighted by molar-refractivity contribution is -0.115. The summed E-state index contributed by atoms with van der Waals surface area (Å²) in [5.41, 5.74) is 4.41. The Morgan fingerprint density at radius 2 is 1.93 bits per heavy atom. The van der Waals surface area contributed by atoms with Crippen molar-refractivity contribution in [1.82, 2.24) is 14.5 Å². The van der Waals surface area contributed by atoms with Crippen molar-refractivity contribution in [2.45, 2.75) is 33.7 Å². The number of aryl methyl sites for hydroxylation is 3.